The molecule has 2 aromatic carbocycles. The second-order valence-corrected chi connectivity index (χ2v) is 4.05. The number of amides is 1. The highest BCUT2D eigenvalue weighted by Gasteiger charge is 2.06. The molecular formula is C14H12ClNO. The summed E-state index contributed by atoms with van der Waals surface area (Å²) in [6, 6.07) is 15.0. The molecule has 1 amide bonds. The molecule has 0 unspecified atom stereocenters. The molecule has 0 heterocycles. The van der Waals surface area contributed by atoms with Gasteiger partial charge in [0, 0.05) is 23.2 Å². The van der Waals surface area contributed by atoms with Crippen molar-refractivity contribution < 1.29 is 4.79 Å². The standard InChI is InChI=1S/C14H12ClNO/c1-16-14(17)11-6-4-5-10(9-11)12-7-2-3-8-13(12)15/h2-9H,1H3,(H,16,17). The van der Waals surface area contributed by atoms with Gasteiger partial charge in [0.15, 0.2) is 0 Å². The monoisotopic (exact) mass is 245 g/mol. The molecule has 0 saturated heterocycles. The summed E-state index contributed by atoms with van der Waals surface area (Å²) in [6.45, 7) is 0. The molecule has 0 atom stereocenters. The van der Waals surface area contributed by atoms with Crippen LogP contribution in [-0.4, -0.2) is 13.0 Å². The molecule has 0 aliphatic rings. The van der Waals surface area contributed by atoms with E-state index >= 15 is 0 Å². The topological polar surface area (TPSA) is 29.1 Å². The van der Waals surface area contributed by atoms with Gasteiger partial charge in [0.05, 0.1) is 0 Å². The summed E-state index contributed by atoms with van der Waals surface area (Å²) >= 11 is 6.12. The lowest BCUT2D eigenvalue weighted by Gasteiger charge is -2.06. The molecule has 86 valence electrons. The van der Waals surface area contributed by atoms with Gasteiger partial charge in [0.1, 0.15) is 0 Å². The zero-order chi connectivity index (χ0) is 12.3. The van der Waals surface area contributed by atoms with E-state index in [2.05, 4.69) is 5.32 Å². The minimum Gasteiger partial charge on any atom is -0.355 e. The normalized spacial score (nSPS) is 10.0. The van der Waals surface area contributed by atoms with Gasteiger partial charge in [0.2, 0.25) is 0 Å². The van der Waals surface area contributed by atoms with Crippen molar-refractivity contribution in [1.29, 1.82) is 0 Å². The first kappa shape index (κ1) is 11.7. The first-order chi connectivity index (χ1) is 8.22. The van der Waals surface area contributed by atoms with E-state index in [1.54, 1.807) is 13.1 Å². The number of rotatable bonds is 2. The molecule has 1 N–H and O–H groups in total. The van der Waals surface area contributed by atoms with Gasteiger partial charge in [-0.3, -0.25) is 4.79 Å². The quantitative estimate of drug-likeness (QED) is 0.864. The first-order valence-corrected chi connectivity index (χ1v) is 5.67. The molecule has 0 aliphatic heterocycles. The summed E-state index contributed by atoms with van der Waals surface area (Å²) in [7, 11) is 1.62. The van der Waals surface area contributed by atoms with Gasteiger partial charge in [-0.1, -0.05) is 41.9 Å². The summed E-state index contributed by atoms with van der Waals surface area (Å²) in [5.41, 5.74) is 2.50. The molecule has 2 rings (SSSR count). The van der Waals surface area contributed by atoms with Crippen molar-refractivity contribution in [3.8, 4) is 11.1 Å². The van der Waals surface area contributed by atoms with E-state index in [0.29, 0.717) is 10.6 Å². The minimum atomic E-state index is -0.0982. The Balaban J connectivity index is 2.47. The van der Waals surface area contributed by atoms with E-state index in [9.17, 15) is 4.79 Å². The van der Waals surface area contributed by atoms with Crippen molar-refractivity contribution in [2.75, 3.05) is 7.05 Å². The van der Waals surface area contributed by atoms with Gasteiger partial charge in [0.25, 0.3) is 5.91 Å². The maximum atomic E-state index is 11.5. The molecule has 2 aromatic rings. The number of benzene rings is 2. The Hall–Kier alpha value is -1.80. The Labute approximate surface area is 105 Å². The summed E-state index contributed by atoms with van der Waals surface area (Å²) in [6.07, 6.45) is 0. The molecule has 2 nitrogen and oxygen atoms in total. The van der Waals surface area contributed by atoms with E-state index in [1.807, 2.05) is 42.5 Å². The molecule has 0 radical (unpaired) electrons. The van der Waals surface area contributed by atoms with E-state index in [1.165, 1.54) is 0 Å². The summed E-state index contributed by atoms with van der Waals surface area (Å²) in [5, 5.41) is 3.28. The lowest BCUT2D eigenvalue weighted by Crippen LogP contribution is -2.17. The van der Waals surface area contributed by atoms with E-state index in [4.69, 9.17) is 11.6 Å². The van der Waals surface area contributed by atoms with E-state index in [0.717, 1.165) is 11.1 Å². The van der Waals surface area contributed by atoms with Crippen molar-refractivity contribution >= 4 is 17.5 Å². The Morgan fingerprint density at radius 1 is 1.12 bits per heavy atom. The molecule has 3 heteroatoms. The van der Waals surface area contributed by atoms with Crippen LogP contribution >= 0.6 is 11.6 Å². The lowest BCUT2D eigenvalue weighted by atomic mass is 10.0. The zero-order valence-electron chi connectivity index (χ0n) is 9.41. The van der Waals surface area contributed by atoms with Gasteiger partial charge >= 0.3 is 0 Å². The Morgan fingerprint density at radius 3 is 2.59 bits per heavy atom. The number of hydrogen-bond acceptors (Lipinski definition) is 1. The number of hydrogen-bond donors (Lipinski definition) is 1. The van der Waals surface area contributed by atoms with Crippen molar-refractivity contribution in [2.24, 2.45) is 0 Å². The number of carbonyl (C=O) groups excluding carboxylic acids is 1. The molecule has 0 spiro atoms. The Bertz CT molecular complexity index is 551. The highest BCUT2D eigenvalue weighted by molar-refractivity contribution is 6.33. The maximum absolute atomic E-state index is 11.5. The predicted molar refractivity (Wildman–Crippen MR) is 70.3 cm³/mol. The molecule has 17 heavy (non-hydrogen) atoms. The maximum Gasteiger partial charge on any atom is 0.251 e. The van der Waals surface area contributed by atoms with Crippen LogP contribution in [0.3, 0.4) is 0 Å². The van der Waals surface area contributed by atoms with Crippen LogP contribution in [0.5, 0.6) is 0 Å². The third-order valence-corrected chi connectivity index (χ3v) is 2.87. The molecule has 0 saturated carbocycles. The molecule has 0 fully saturated rings. The van der Waals surface area contributed by atoms with Gasteiger partial charge < -0.3 is 5.32 Å². The largest absolute Gasteiger partial charge is 0.355 e. The fraction of sp³-hybridized carbons (Fsp3) is 0.0714. The van der Waals surface area contributed by atoms with Crippen molar-refractivity contribution in [3.05, 3.63) is 59.1 Å². The average Bonchev–Trinajstić information content (AvgIpc) is 2.38. The number of halogens is 1. The van der Waals surface area contributed by atoms with Crippen LogP contribution in [-0.2, 0) is 0 Å². The van der Waals surface area contributed by atoms with Crippen LogP contribution in [0.2, 0.25) is 5.02 Å². The molecular weight excluding hydrogens is 234 g/mol. The smallest absolute Gasteiger partial charge is 0.251 e. The fourth-order valence-electron chi connectivity index (χ4n) is 1.67. The minimum absolute atomic E-state index is 0.0982. The molecule has 0 bridgehead atoms. The highest BCUT2D eigenvalue weighted by atomic mass is 35.5. The van der Waals surface area contributed by atoms with Crippen LogP contribution in [0.4, 0.5) is 0 Å². The second-order valence-electron chi connectivity index (χ2n) is 3.64. The van der Waals surface area contributed by atoms with Crippen molar-refractivity contribution in [1.82, 2.24) is 5.32 Å². The number of carbonyl (C=O) groups is 1. The van der Waals surface area contributed by atoms with Crippen molar-refractivity contribution in [3.63, 3.8) is 0 Å². The molecule has 0 aliphatic carbocycles. The summed E-state index contributed by atoms with van der Waals surface area (Å²) in [5.74, 6) is -0.0982. The van der Waals surface area contributed by atoms with E-state index in [-0.39, 0.29) is 5.91 Å². The van der Waals surface area contributed by atoms with Crippen molar-refractivity contribution in [2.45, 2.75) is 0 Å². The third-order valence-electron chi connectivity index (χ3n) is 2.54. The highest BCUT2D eigenvalue weighted by Crippen LogP contribution is 2.27. The predicted octanol–water partition coefficient (Wildman–Crippen LogP) is 3.37. The SMILES string of the molecule is CNC(=O)c1cccc(-c2ccccc2Cl)c1. The van der Waals surface area contributed by atoms with Gasteiger partial charge in [-0.15, -0.1) is 0 Å². The van der Waals surface area contributed by atoms with Crippen LogP contribution in [0.15, 0.2) is 48.5 Å². The second kappa shape index (κ2) is 5.02. The summed E-state index contributed by atoms with van der Waals surface area (Å²) < 4.78 is 0. The zero-order valence-corrected chi connectivity index (χ0v) is 10.2. The number of nitrogens with one attached hydrogen (secondary N) is 1. The van der Waals surface area contributed by atoms with Gasteiger partial charge in [-0.2, -0.15) is 0 Å². The van der Waals surface area contributed by atoms with Crippen LogP contribution in [0.1, 0.15) is 10.4 Å². The Morgan fingerprint density at radius 2 is 1.88 bits per heavy atom. The van der Waals surface area contributed by atoms with Crippen LogP contribution in [0, 0.1) is 0 Å². The van der Waals surface area contributed by atoms with Gasteiger partial charge in [-0.05, 0) is 23.8 Å². The van der Waals surface area contributed by atoms with Crippen LogP contribution < -0.4 is 5.32 Å². The van der Waals surface area contributed by atoms with E-state index < -0.39 is 0 Å². The first-order valence-electron chi connectivity index (χ1n) is 5.29. The lowest BCUT2D eigenvalue weighted by molar-refractivity contribution is 0.0963. The third kappa shape index (κ3) is 2.48. The average molecular weight is 246 g/mol. The van der Waals surface area contributed by atoms with Gasteiger partial charge in [-0.25, -0.2) is 0 Å². The van der Waals surface area contributed by atoms with Crippen LogP contribution in [0.25, 0.3) is 11.1 Å². The summed E-state index contributed by atoms with van der Waals surface area (Å²) in [4.78, 5) is 11.5. The fourth-order valence-corrected chi connectivity index (χ4v) is 1.91. The molecule has 0 aromatic heterocycles. The Kier molecular flexibility index (Phi) is 3.45.